The van der Waals surface area contributed by atoms with Crippen LogP contribution in [0.1, 0.15) is 19.8 Å². The van der Waals surface area contributed by atoms with Crippen LogP contribution >= 0.6 is 11.8 Å². The maximum absolute atomic E-state index is 11.6. The minimum absolute atomic E-state index is 0.205. The van der Waals surface area contributed by atoms with Crippen molar-refractivity contribution in [2.75, 3.05) is 29.6 Å². The lowest BCUT2D eigenvalue weighted by Crippen LogP contribution is -2.33. The zero-order valence-corrected chi connectivity index (χ0v) is 11.6. The number of thioether (sulfide) groups is 1. The first-order valence-corrected chi connectivity index (χ1v) is 7.36. The molecule has 0 aliphatic heterocycles. The molecule has 102 valence electrons. The molecule has 1 aromatic heterocycles. The summed E-state index contributed by atoms with van der Waals surface area (Å²) >= 11 is 1.80. The smallest absolute Gasteiger partial charge is 0.330 e. The Bertz CT molecular complexity index is 495. The summed E-state index contributed by atoms with van der Waals surface area (Å²) < 4.78 is 1.34. The van der Waals surface area contributed by atoms with Crippen LogP contribution in [-0.2, 0) is 6.54 Å². The zero-order chi connectivity index (χ0) is 13.5. The van der Waals surface area contributed by atoms with Gasteiger partial charge in [-0.05, 0) is 31.8 Å². The first-order valence-electron chi connectivity index (χ1n) is 5.97. The largest absolute Gasteiger partial charge is 0.383 e. The minimum atomic E-state index is -0.465. The van der Waals surface area contributed by atoms with Crippen LogP contribution < -0.4 is 22.3 Å². The van der Waals surface area contributed by atoms with Crippen LogP contribution in [0.15, 0.2) is 9.59 Å². The molecule has 0 aliphatic rings. The van der Waals surface area contributed by atoms with E-state index in [1.807, 2.05) is 0 Å². The number of hydrogen-bond donors (Lipinski definition) is 3. The highest BCUT2D eigenvalue weighted by Gasteiger charge is 2.10. The topological polar surface area (TPSA) is 92.9 Å². The summed E-state index contributed by atoms with van der Waals surface area (Å²) in [7, 11) is 0. The Morgan fingerprint density at radius 1 is 1.39 bits per heavy atom. The number of nitrogens with zero attached hydrogens (tertiary/aromatic N) is 1. The molecular formula is C11H20N4O2S. The predicted molar refractivity (Wildman–Crippen MR) is 77.5 cm³/mol. The van der Waals surface area contributed by atoms with Gasteiger partial charge in [-0.25, -0.2) is 4.79 Å². The third kappa shape index (κ3) is 3.56. The molecule has 0 spiro atoms. The first-order chi connectivity index (χ1) is 8.61. The maximum atomic E-state index is 11.6. The van der Waals surface area contributed by atoms with Gasteiger partial charge in [0, 0.05) is 13.1 Å². The van der Waals surface area contributed by atoms with Crippen molar-refractivity contribution in [2.45, 2.75) is 26.3 Å². The van der Waals surface area contributed by atoms with Crippen LogP contribution in [-0.4, -0.2) is 28.1 Å². The molecule has 0 radical (unpaired) electrons. The fourth-order valence-corrected chi connectivity index (χ4v) is 2.15. The third-order valence-corrected chi connectivity index (χ3v) is 3.33. The Balaban J connectivity index is 2.77. The van der Waals surface area contributed by atoms with Gasteiger partial charge in [-0.1, -0.05) is 0 Å². The molecule has 0 aliphatic carbocycles. The summed E-state index contributed by atoms with van der Waals surface area (Å²) in [6.07, 6.45) is 4.11. The van der Waals surface area contributed by atoms with Crippen LogP contribution in [0.2, 0.25) is 0 Å². The molecule has 4 N–H and O–H groups in total. The van der Waals surface area contributed by atoms with E-state index in [2.05, 4.69) is 16.6 Å². The van der Waals surface area contributed by atoms with Crippen LogP contribution in [0.25, 0.3) is 0 Å². The highest BCUT2D eigenvalue weighted by atomic mass is 32.2. The molecule has 18 heavy (non-hydrogen) atoms. The second-order valence-electron chi connectivity index (χ2n) is 3.89. The average molecular weight is 272 g/mol. The second-order valence-corrected chi connectivity index (χ2v) is 4.88. The van der Waals surface area contributed by atoms with E-state index in [0.717, 1.165) is 18.6 Å². The molecule has 1 aromatic rings. The zero-order valence-electron chi connectivity index (χ0n) is 10.8. The molecule has 0 saturated carbocycles. The van der Waals surface area contributed by atoms with Crippen molar-refractivity contribution in [1.29, 1.82) is 0 Å². The molecule has 0 unspecified atom stereocenters. The Labute approximate surface area is 110 Å². The first kappa shape index (κ1) is 14.7. The number of rotatable bonds is 7. The van der Waals surface area contributed by atoms with Crippen molar-refractivity contribution in [1.82, 2.24) is 9.55 Å². The molecule has 0 aromatic carbocycles. The fraction of sp³-hybridized carbons (Fsp3) is 0.636. The number of unbranched alkanes of at least 4 members (excludes halogenated alkanes) is 1. The summed E-state index contributed by atoms with van der Waals surface area (Å²) in [5.41, 5.74) is 5.19. The number of aromatic nitrogens is 2. The summed E-state index contributed by atoms with van der Waals surface area (Å²) in [4.78, 5) is 25.3. The quantitative estimate of drug-likeness (QED) is 0.635. The van der Waals surface area contributed by atoms with Crippen LogP contribution in [0.4, 0.5) is 11.5 Å². The van der Waals surface area contributed by atoms with Gasteiger partial charge in [0.25, 0.3) is 5.56 Å². The molecular weight excluding hydrogens is 252 g/mol. The number of nitrogen functional groups attached to an aromatic ring is 1. The van der Waals surface area contributed by atoms with Gasteiger partial charge < -0.3 is 11.1 Å². The van der Waals surface area contributed by atoms with E-state index in [1.54, 1.807) is 18.7 Å². The summed E-state index contributed by atoms with van der Waals surface area (Å²) in [5, 5.41) is 3.00. The van der Waals surface area contributed by atoms with Crippen molar-refractivity contribution >= 4 is 23.3 Å². The van der Waals surface area contributed by atoms with Gasteiger partial charge in [-0.2, -0.15) is 11.8 Å². The molecule has 7 heteroatoms. The SMILES string of the molecule is CCn1c(N)c(NCCCCSC)c(=O)[nH]c1=O. The van der Waals surface area contributed by atoms with E-state index < -0.39 is 11.2 Å². The number of nitrogens with one attached hydrogen (secondary N) is 2. The minimum Gasteiger partial charge on any atom is -0.383 e. The third-order valence-electron chi connectivity index (χ3n) is 2.63. The predicted octanol–water partition coefficient (Wildman–Crippen LogP) is 0.694. The van der Waals surface area contributed by atoms with Gasteiger partial charge in [0.15, 0.2) is 0 Å². The van der Waals surface area contributed by atoms with E-state index in [0.29, 0.717) is 18.8 Å². The van der Waals surface area contributed by atoms with Gasteiger partial charge in [0.1, 0.15) is 11.5 Å². The Morgan fingerprint density at radius 2 is 2.11 bits per heavy atom. The van der Waals surface area contributed by atoms with Gasteiger partial charge in [-0.3, -0.25) is 14.3 Å². The van der Waals surface area contributed by atoms with Gasteiger partial charge in [-0.15, -0.1) is 0 Å². The Morgan fingerprint density at radius 3 is 2.72 bits per heavy atom. The number of anilines is 2. The van der Waals surface area contributed by atoms with Crippen molar-refractivity contribution < 1.29 is 0 Å². The Kier molecular flexibility index (Phi) is 5.84. The van der Waals surface area contributed by atoms with Crippen LogP contribution in [0, 0.1) is 0 Å². The Hall–Kier alpha value is -1.37. The lowest BCUT2D eigenvalue weighted by Gasteiger charge is -2.12. The lowest BCUT2D eigenvalue weighted by atomic mass is 10.3. The van der Waals surface area contributed by atoms with Crippen LogP contribution in [0.5, 0.6) is 0 Å². The molecule has 6 nitrogen and oxygen atoms in total. The summed E-state index contributed by atoms with van der Waals surface area (Å²) in [5.74, 6) is 1.30. The van der Waals surface area contributed by atoms with Gasteiger partial charge >= 0.3 is 5.69 Å². The van der Waals surface area contributed by atoms with Crippen molar-refractivity contribution in [3.8, 4) is 0 Å². The second kappa shape index (κ2) is 7.15. The normalized spacial score (nSPS) is 10.6. The molecule has 0 saturated heterocycles. The molecule has 1 rings (SSSR count). The molecule has 0 fully saturated rings. The number of hydrogen-bond acceptors (Lipinski definition) is 5. The lowest BCUT2D eigenvalue weighted by molar-refractivity contribution is 0.705. The van der Waals surface area contributed by atoms with Gasteiger partial charge in [0.2, 0.25) is 0 Å². The van der Waals surface area contributed by atoms with E-state index in [-0.39, 0.29) is 5.82 Å². The highest BCUT2D eigenvalue weighted by Crippen LogP contribution is 2.10. The van der Waals surface area contributed by atoms with Crippen molar-refractivity contribution in [3.05, 3.63) is 20.8 Å². The molecule has 0 bridgehead atoms. The van der Waals surface area contributed by atoms with Crippen molar-refractivity contribution in [3.63, 3.8) is 0 Å². The number of aromatic amines is 1. The standard InChI is InChI=1S/C11H20N4O2S/c1-3-15-9(12)8(10(16)14-11(15)17)13-6-4-5-7-18-2/h13H,3-7,12H2,1-2H3,(H,14,16,17). The molecule has 0 amide bonds. The molecule has 0 atom stereocenters. The highest BCUT2D eigenvalue weighted by molar-refractivity contribution is 7.98. The van der Waals surface area contributed by atoms with E-state index in [1.165, 1.54) is 4.57 Å². The van der Waals surface area contributed by atoms with Crippen molar-refractivity contribution in [2.24, 2.45) is 0 Å². The average Bonchev–Trinajstić information content (AvgIpc) is 2.32. The fourth-order valence-electron chi connectivity index (χ4n) is 1.66. The molecule has 1 heterocycles. The number of nitrogens with two attached hydrogens (primary N) is 1. The van der Waals surface area contributed by atoms with E-state index >= 15 is 0 Å². The van der Waals surface area contributed by atoms with E-state index in [9.17, 15) is 9.59 Å². The monoisotopic (exact) mass is 272 g/mol. The summed E-state index contributed by atoms with van der Waals surface area (Å²) in [6.45, 7) is 2.91. The van der Waals surface area contributed by atoms with Crippen LogP contribution in [0.3, 0.4) is 0 Å². The van der Waals surface area contributed by atoms with Gasteiger partial charge in [0.05, 0.1) is 0 Å². The summed E-state index contributed by atoms with van der Waals surface area (Å²) in [6, 6.07) is 0. The maximum Gasteiger partial charge on any atom is 0.330 e. The van der Waals surface area contributed by atoms with E-state index in [4.69, 9.17) is 5.73 Å². The number of H-pyrrole nitrogens is 1.